The number of carbonyl (C=O) groups is 2. The van der Waals surface area contributed by atoms with Crippen molar-refractivity contribution in [1.29, 1.82) is 0 Å². The Balaban J connectivity index is 1.68. The van der Waals surface area contributed by atoms with Crippen molar-refractivity contribution in [1.82, 2.24) is 20.3 Å². The molecule has 10 nitrogen and oxygen atoms in total. The van der Waals surface area contributed by atoms with Crippen molar-refractivity contribution in [2.75, 3.05) is 43.1 Å². The molecule has 1 N–H and O–H groups in total. The molecule has 0 fully saturated rings. The van der Waals surface area contributed by atoms with Gasteiger partial charge in [-0.1, -0.05) is 0 Å². The van der Waals surface area contributed by atoms with Gasteiger partial charge in [0.15, 0.2) is 0 Å². The van der Waals surface area contributed by atoms with Gasteiger partial charge in [0.05, 0.1) is 23.6 Å². The third kappa shape index (κ3) is 7.18. The number of aliphatic imine (C=N–C) groups is 1. The van der Waals surface area contributed by atoms with E-state index < -0.39 is 6.08 Å². The number of hydrogen-bond acceptors (Lipinski definition) is 9. The van der Waals surface area contributed by atoms with E-state index in [1.54, 1.807) is 13.0 Å². The zero-order valence-electron chi connectivity index (χ0n) is 22.0. The highest BCUT2D eigenvalue weighted by atomic mass is 19.1. The molecule has 11 heteroatoms. The van der Waals surface area contributed by atoms with Crippen LogP contribution in [0.3, 0.4) is 0 Å². The second-order valence-corrected chi connectivity index (χ2v) is 8.53. The molecule has 1 aliphatic rings. The van der Waals surface area contributed by atoms with E-state index in [-0.39, 0.29) is 36.0 Å². The molecule has 37 heavy (non-hydrogen) atoms. The lowest BCUT2D eigenvalue weighted by Crippen LogP contribution is -2.27. The van der Waals surface area contributed by atoms with Crippen molar-refractivity contribution in [2.45, 2.75) is 34.6 Å². The number of halogens is 1. The fourth-order valence-corrected chi connectivity index (χ4v) is 3.65. The van der Waals surface area contributed by atoms with Crippen LogP contribution >= 0.6 is 0 Å². The first-order valence-electron chi connectivity index (χ1n) is 12.0. The summed E-state index contributed by atoms with van der Waals surface area (Å²) in [5, 5.41) is 2.55. The number of nitrogens with one attached hydrogen (secondary N) is 1. The molecule has 196 valence electrons. The summed E-state index contributed by atoms with van der Waals surface area (Å²) in [4.78, 5) is 43.6. The Kier molecular flexibility index (Phi) is 9.05. The van der Waals surface area contributed by atoms with E-state index in [4.69, 9.17) is 9.73 Å². The normalized spacial score (nSPS) is 14.2. The first-order valence-corrected chi connectivity index (χ1v) is 12.0. The molecule has 0 radical (unpaired) electrons. The largest absolute Gasteiger partial charge is 0.461 e. The molecule has 1 heterocycles. The van der Waals surface area contributed by atoms with Crippen molar-refractivity contribution < 1.29 is 18.7 Å². The van der Waals surface area contributed by atoms with E-state index >= 15 is 0 Å². The highest BCUT2D eigenvalue weighted by Gasteiger charge is 2.18. The third-order valence-electron chi connectivity index (χ3n) is 5.75. The average Bonchev–Trinajstić information content (AvgIpc) is 2.83. The van der Waals surface area contributed by atoms with Crippen LogP contribution in [0.5, 0.6) is 6.01 Å². The van der Waals surface area contributed by atoms with Gasteiger partial charge >= 0.3 is 12.1 Å². The van der Waals surface area contributed by atoms with E-state index in [1.165, 1.54) is 13.0 Å². The molecule has 0 unspecified atom stereocenters. The number of benzene rings is 1. The van der Waals surface area contributed by atoms with Crippen molar-refractivity contribution in [3.8, 4) is 6.01 Å². The van der Waals surface area contributed by atoms with Gasteiger partial charge in [-0.3, -0.25) is 9.59 Å². The smallest absolute Gasteiger partial charge is 0.323 e. The molecule has 1 aromatic heterocycles. The number of amides is 1. The number of carbonyl (C=O) groups excluding carboxylic acids is 2. The van der Waals surface area contributed by atoms with Crippen LogP contribution < -0.4 is 19.9 Å². The minimum Gasteiger partial charge on any atom is -0.461 e. The number of rotatable bonds is 10. The van der Waals surface area contributed by atoms with Gasteiger partial charge in [-0.15, -0.1) is 4.98 Å². The Hall–Kier alpha value is -4.15. The molecule has 0 aliphatic heterocycles. The molecule has 1 amide bonds. The number of anilines is 2. The lowest BCUT2D eigenvalue weighted by molar-refractivity contribution is -0.120. The summed E-state index contributed by atoms with van der Waals surface area (Å²) in [6, 6.07) is 5.76. The van der Waals surface area contributed by atoms with Crippen LogP contribution in [0.25, 0.3) is 0 Å². The Morgan fingerprint density at radius 1 is 1.14 bits per heavy atom. The van der Waals surface area contributed by atoms with Crippen molar-refractivity contribution in [3.05, 3.63) is 53.3 Å². The summed E-state index contributed by atoms with van der Waals surface area (Å²) in [5.74, 6) is -0.323. The fraction of sp³-hybridized carbons (Fsp3) is 0.385. The summed E-state index contributed by atoms with van der Waals surface area (Å²) >= 11 is 0. The lowest BCUT2D eigenvalue weighted by Gasteiger charge is -2.21. The second kappa shape index (κ2) is 12.2. The second-order valence-electron chi connectivity index (χ2n) is 8.53. The standard InChI is InChI=1S/C26H32FN7O3/c1-7-34(8-2)25-30-24(27)31-26(32-25)37-12-11-33(6)19-9-10-20(16(3)13-19)29-21-15-22(28-18(5)35)23(36)14-17(21)4/h9-10,13-15H,7-8,11-12H2,1-6H3,(H,28,35). The van der Waals surface area contributed by atoms with Crippen molar-refractivity contribution in [3.63, 3.8) is 0 Å². The van der Waals surface area contributed by atoms with Gasteiger partial charge in [0.1, 0.15) is 6.61 Å². The highest BCUT2D eigenvalue weighted by Crippen LogP contribution is 2.26. The number of aromatic nitrogens is 3. The van der Waals surface area contributed by atoms with E-state index in [9.17, 15) is 14.0 Å². The van der Waals surface area contributed by atoms with Gasteiger partial charge in [0.2, 0.25) is 17.6 Å². The molecular formula is C26H32FN7O3. The predicted molar refractivity (Wildman–Crippen MR) is 141 cm³/mol. The SMILES string of the molecule is CCN(CC)c1nc(F)nc(OCCN(C)c2ccc(N=C3C=C(NC(C)=O)C(=O)C=C3C)c(C)c2)n1. The zero-order chi connectivity index (χ0) is 27.1. The maximum absolute atomic E-state index is 13.9. The van der Waals surface area contributed by atoms with Crippen LogP contribution in [0.4, 0.5) is 21.7 Å². The molecule has 1 aromatic carbocycles. The van der Waals surface area contributed by atoms with Gasteiger partial charge in [-0.25, -0.2) is 4.99 Å². The van der Waals surface area contributed by atoms with E-state index in [1.807, 2.05) is 55.8 Å². The summed E-state index contributed by atoms with van der Waals surface area (Å²) in [6.07, 6.45) is 2.18. The van der Waals surface area contributed by atoms with Crippen LogP contribution in [0.15, 0.2) is 46.6 Å². The molecule has 0 bridgehead atoms. The number of aryl methyl sites for hydroxylation is 1. The first kappa shape index (κ1) is 27.4. The number of allylic oxidation sites excluding steroid dienone is 3. The summed E-state index contributed by atoms with van der Waals surface area (Å²) in [5.41, 5.74) is 4.14. The maximum atomic E-state index is 13.9. The van der Waals surface area contributed by atoms with Crippen LogP contribution in [0.1, 0.15) is 33.3 Å². The number of nitrogens with zero attached hydrogens (tertiary/aromatic N) is 6. The monoisotopic (exact) mass is 509 g/mol. The molecule has 2 aromatic rings. The van der Waals surface area contributed by atoms with Crippen LogP contribution in [0.2, 0.25) is 0 Å². The van der Waals surface area contributed by atoms with E-state index in [0.29, 0.717) is 25.3 Å². The topological polar surface area (TPSA) is 113 Å². The van der Waals surface area contributed by atoms with Crippen molar-refractivity contribution >= 4 is 34.7 Å². The molecule has 0 saturated heterocycles. The van der Waals surface area contributed by atoms with Gasteiger partial charge in [-0.2, -0.15) is 14.4 Å². The molecule has 3 rings (SSSR count). The minimum absolute atomic E-state index is 0.0498. The average molecular weight is 510 g/mol. The molecule has 0 atom stereocenters. The summed E-state index contributed by atoms with van der Waals surface area (Å²) in [7, 11) is 1.92. The maximum Gasteiger partial charge on any atom is 0.323 e. The Labute approximate surface area is 216 Å². The minimum atomic E-state index is -0.875. The predicted octanol–water partition coefficient (Wildman–Crippen LogP) is 3.30. The number of ketones is 1. The zero-order valence-corrected chi connectivity index (χ0v) is 22.0. The number of ether oxygens (including phenoxy) is 1. The van der Waals surface area contributed by atoms with Crippen LogP contribution in [-0.2, 0) is 9.59 Å². The summed E-state index contributed by atoms with van der Waals surface area (Å²) in [6.45, 7) is 11.0. The third-order valence-corrected chi connectivity index (χ3v) is 5.75. The van der Waals surface area contributed by atoms with Gasteiger partial charge in [-0.05, 0) is 69.2 Å². The highest BCUT2D eigenvalue weighted by molar-refractivity contribution is 6.22. The Bertz CT molecular complexity index is 1270. The number of hydrogen-bond donors (Lipinski definition) is 1. The Morgan fingerprint density at radius 2 is 1.86 bits per heavy atom. The van der Waals surface area contributed by atoms with Crippen LogP contribution in [0, 0.1) is 13.0 Å². The van der Waals surface area contributed by atoms with Crippen LogP contribution in [-0.4, -0.2) is 65.6 Å². The van der Waals surface area contributed by atoms with Gasteiger partial charge < -0.3 is 19.9 Å². The van der Waals surface area contributed by atoms with Gasteiger partial charge in [0, 0.05) is 32.7 Å². The first-order chi connectivity index (χ1) is 17.6. The number of likely N-dealkylation sites (N-methyl/N-ethyl adjacent to an activating group) is 1. The molecule has 0 spiro atoms. The molecule has 1 aliphatic carbocycles. The fourth-order valence-electron chi connectivity index (χ4n) is 3.65. The summed E-state index contributed by atoms with van der Waals surface area (Å²) < 4.78 is 19.5. The van der Waals surface area contributed by atoms with E-state index in [2.05, 4.69) is 20.3 Å². The lowest BCUT2D eigenvalue weighted by atomic mass is 10.0. The molecular weight excluding hydrogens is 477 g/mol. The van der Waals surface area contributed by atoms with Gasteiger partial charge in [0.25, 0.3) is 0 Å². The quantitative estimate of drug-likeness (QED) is 0.486. The Morgan fingerprint density at radius 3 is 2.51 bits per heavy atom. The van der Waals surface area contributed by atoms with Crippen molar-refractivity contribution in [2.24, 2.45) is 4.99 Å². The van der Waals surface area contributed by atoms with E-state index in [0.717, 1.165) is 22.5 Å². The molecule has 0 saturated carbocycles.